The number of piperidine rings is 2. The van der Waals surface area contributed by atoms with Crippen molar-refractivity contribution < 1.29 is 13.2 Å². The highest BCUT2D eigenvalue weighted by Gasteiger charge is 2.27. The molecule has 2 aromatic carbocycles. The maximum absolute atomic E-state index is 13.4. The zero-order valence-electron chi connectivity index (χ0n) is 23.0. The summed E-state index contributed by atoms with van der Waals surface area (Å²) < 4.78 is 30.0. The van der Waals surface area contributed by atoms with Crippen molar-refractivity contribution in [1.82, 2.24) is 13.8 Å². The molecule has 3 aromatic rings. The second kappa shape index (κ2) is 10.8. The Labute approximate surface area is 226 Å². The van der Waals surface area contributed by atoms with Crippen LogP contribution < -0.4 is 5.32 Å². The second-order valence-corrected chi connectivity index (χ2v) is 13.1. The number of hydrogen-bond donors (Lipinski definition) is 1. The van der Waals surface area contributed by atoms with Gasteiger partial charge in [-0.2, -0.15) is 4.31 Å². The number of carbonyl (C=O) groups is 1. The smallest absolute Gasteiger partial charge is 0.247 e. The molecule has 1 atom stereocenters. The van der Waals surface area contributed by atoms with Gasteiger partial charge in [-0.05, 0) is 113 Å². The van der Waals surface area contributed by atoms with E-state index in [1.165, 1.54) is 5.56 Å². The van der Waals surface area contributed by atoms with E-state index in [2.05, 4.69) is 35.5 Å². The number of carbonyl (C=O) groups excluding carboxylic acids is 1. The van der Waals surface area contributed by atoms with Crippen LogP contribution in [0.3, 0.4) is 0 Å². The van der Waals surface area contributed by atoms with Gasteiger partial charge in [0.2, 0.25) is 15.9 Å². The van der Waals surface area contributed by atoms with Gasteiger partial charge in [-0.15, -0.1) is 0 Å². The molecule has 0 spiro atoms. The first kappa shape index (κ1) is 26.9. The first-order chi connectivity index (χ1) is 18.1. The van der Waals surface area contributed by atoms with Gasteiger partial charge in [0, 0.05) is 35.9 Å². The molecule has 8 heteroatoms. The molecule has 0 radical (unpaired) electrons. The summed E-state index contributed by atoms with van der Waals surface area (Å²) in [4.78, 5) is 16.1. The molecule has 204 valence electrons. The van der Waals surface area contributed by atoms with Crippen LogP contribution in [0.5, 0.6) is 0 Å². The summed E-state index contributed by atoms with van der Waals surface area (Å²) in [6, 6.07) is 11.3. The summed E-state index contributed by atoms with van der Waals surface area (Å²) in [5, 5.41) is 4.04. The van der Waals surface area contributed by atoms with Gasteiger partial charge in [0.15, 0.2) is 0 Å². The highest BCUT2D eigenvalue weighted by Crippen LogP contribution is 2.32. The number of likely N-dealkylation sites (tertiary alicyclic amines) is 1. The van der Waals surface area contributed by atoms with Crippen molar-refractivity contribution in [3.8, 4) is 0 Å². The normalized spacial score (nSPS) is 19.1. The zero-order valence-corrected chi connectivity index (χ0v) is 23.9. The molecule has 2 aliphatic rings. The first-order valence-corrected chi connectivity index (χ1v) is 15.3. The van der Waals surface area contributed by atoms with Crippen molar-refractivity contribution in [2.45, 2.75) is 69.7 Å². The van der Waals surface area contributed by atoms with Crippen LogP contribution in [0.2, 0.25) is 0 Å². The molecular formula is C30H40N4O3S. The van der Waals surface area contributed by atoms with Gasteiger partial charge in [-0.3, -0.25) is 4.79 Å². The number of rotatable bonds is 6. The maximum atomic E-state index is 13.4. The third kappa shape index (κ3) is 5.26. The van der Waals surface area contributed by atoms with E-state index in [4.69, 9.17) is 0 Å². The number of fused-ring (bicyclic) bond motifs is 1. The molecule has 0 saturated carbocycles. The highest BCUT2D eigenvalue weighted by molar-refractivity contribution is 7.89. The summed E-state index contributed by atoms with van der Waals surface area (Å²) in [7, 11) is -1.35. The molecule has 0 bridgehead atoms. The van der Waals surface area contributed by atoms with Crippen LogP contribution in [-0.2, 0) is 14.8 Å². The fourth-order valence-electron chi connectivity index (χ4n) is 5.87. The van der Waals surface area contributed by atoms with E-state index in [0.29, 0.717) is 23.9 Å². The molecule has 1 unspecified atom stereocenters. The van der Waals surface area contributed by atoms with Crippen molar-refractivity contribution in [2.75, 3.05) is 38.5 Å². The Morgan fingerprint density at radius 2 is 1.66 bits per heavy atom. The number of amides is 1. The van der Waals surface area contributed by atoms with Crippen molar-refractivity contribution in [2.24, 2.45) is 0 Å². The third-order valence-corrected chi connectivity index (χ3v) is 10.4. The zero-order chi connectivity index (χ0) is 27.0. The summed E-state index contributed by atoms with van der Waals surface area (Å²) >= 11 is 0. The fourth-order valence-corrected chi connectivity index (χ4v) is 7.42. The van der Waals surface area contributed by atoms with E-state index in [1.54, 1.807) is 16.4 Å². The minimum atomic E-state index is -3.52. The Morgan fingerprint density at radius 3 is 2.37 bits per heavy atom. The minimum Gasteiger partial charge on any atom is -0.335 e. The molecule has 2 fully saturated rings. The summed E-state index contributed by atoms with van der Waals surface area (Å²) in [6.07, 6.45) is 7.11. The van der Waals surface area contributed by atoms with Crippen LogP contribution in [0.1, 0.15) is 67.7 Å². The number of hydrogen-bond acceptors (Lipinski definition) is 4. The first-order valence-electron chi connectivity index (χ1n) is 13.9. The monoisotopic (exact) mass is 536 g/mol. The summed E-state index contributed by atoms with van der Waals surface area (Å²) in [6.45, 7) is 9.24. The third-order valence-electron chi connectivity index (χ3n) is 8.46. The average molecular weight is 537 g/mol. The number of benzene rings is 2. The molecule has 1 N–H and O–H groups in total. The summed E-state index contributed by atoms with van der Waals surface area (Å²) in [5.74, 6) is 0.432. The molecule has 2 aliphatic heterocycles. The highest BCUT2D eigenvalue weighted by atomic mass is 32.2. The van der Waals surface area contributed by atoms with E-state index in [1.807, 2.05) is 37.6 Å². The maximum Gasteiger partial charge on any atom is 0.247 e. The Balaban J connectivity index is 1.37. The van der Waals surface area contributed by atoms with E-state index >= 15 is 0 Å². The Kier molecular flexibility index (Phi) is 7.67. The number of sulfonamides is 1. The fraction of sp³-hybridized carbons (Fsp3) is 0.500. The number of aryl methyl sites for hydroxylation is 2. The van der Waals surface area contributed by atoms with E-state index < -0.39 is 16.1 Å². The topological polar surface area (TPSA) is 74.6 Å². The molecule has 1 amide bonds. The lowest BCUT2D eigenvalue weighted by Crippen LogP contribution is -2.35. The van der Waals surface area contributed by atoms with Crippen molar-refractivity contribution in [3.63, 3.8) is 0 Å². The molecule has 0 aliphatic carbocycles. The lowest BCUT2D eigenvalue weighted by Gasteiger charge is -2.29. The molecule has 3 heterocycles. The molecular weight excluding hydrogens is 496 g/mol. The standard InChI is InChI=1S/C30H40N4O3S/c1-21-8-9-25(24-12-16-32(4)17-13-24)18-28(21)31-30(35)23(3)34-20-22(2)27-19-26(10-11-29(27)34)38(36,37)33-14-6-5-7-15-33/h8-11,18-20,23-24H,5-7,12-17H2,1-4H3,(H,31,35). The van der Waals surface area contributed by atoms with E-state index in [-0.39, 0.29) is 5.91 Å². The number of aromatic nitrogens is 1. The molecule has 7 nitrogen and oxygen atoms in total. The Bertz CT molecular complexity index is 1430. The number of nitrogens with zero attached hydrogens (tertiary/aromatic N) is 3. The minimum absolute atomic E-state index is 0.0875. The quantitative estimate of drug-likeness (QED) is 0.455. The predicted molar refractivity (Wildman–Crippen MR) is 153 cm³/mol. The SMILES string of the molecule is Cc1ccc(C2CCN(C)CC2)cc1NC(=O)C(C)n1cc(C)c2cc(S(=O)(=O)N3CCCCC3)ccc21. The summed E-state index contributed by atoms with van der Waals surface area (Å²) in [5.41, 5.74) is 5.01. The van der Waals surface area contributed by atoms with Gasteiger partial charge in [0.25, 0.3) is 0 Å². The Morgan fingerprint density at radius 1 is 0.947 bits per heavy atom. The van der Waals surface area contributed by atoms with E-state index in [9.17, 15) is 13.2 Å². The van der Waals surface area contributed by atoms with Gasteiger partial charge in [0.1, 0.15) is 6.04 Å². The van der Waals surface area contributed by atoms with Crippen molar-refractivity contribution in [3.05, 3.63) is 59.3 Å². The number of nitrogens with one attached hydrogen (secondary N) is 1. The van der Waals surface area contributed by atoms with Crippen LogP contribution in [0.25, 0.3) is 10.9 Å². The van der Waals surface area contributed by atoms with Crippen LogP contribution in [-0.4, -0.2) is 61.3 Å². The second-order valence-electron chi connectivity index (χ2n) is 11.2. The molecule has 38 heavy (non-hydrogen) atoms. The van der Waals surface area contributed by atoms with Crippen LogP contribution >= 0.6 is 0 Å². The van der Waals surface area contributed by atoms with Gasteiger partial charge < -0.3 is 14.8 Å². The largest absolute Gasteiger partial charge is 0.335 e. The average Bonchev–Trinajstić information content (AvgIpc) is 3.26. The van der Waals surface area contributed by atoms with Crippen LogP contribution in [0, 0.1) is 13.8 Å². The van der Waals surface area contributed by atoms with Gasteiger partial charge >= 0.3 is 0 Å². The Hall–Kier alpha value is -2.68. The van der Waals surface area contributed by atoms with Gasteiger partial charge in [-0.1, -0.05) is 18.6 Å². The lowest BCUT2D eigenvalue weighted by atomic mass is 9.89. The van der Waals surface area contributed by atoms with Crippen molar-refractivity contribution in [1.29, 1.82) is 0 Å². The van der Waals surface area contributed by atoms with E-state index in [0.717, 1.165) is 72.9 Å². The van der Waals surface area contributed by atoms with Crippen LogP contribution in [0.15, 0.2) is 47.5 Å². The molecule has 1 aromatic heterocycles. The van der Waals surface area contributed by atoms with Gasteiger partial charge in [0.05, 0.1) is 4.90 Å². The van der Waals surface area contributed by atoms with Gasteiger partial charge in [-0.25, -0.2) is 8.42 Å². The van der Waals surface area contributed by atoms with Crippen molar-refractivity contribution >= 4 is 32.5 Å². The van der Waals surface area contributed by atoms with Crippen LogP contribution in [0.4, 0.5) is 5.69 Å². The predicted octanol–water partition coefficient (Wildman–Crippen LogP) is 5.44. The molecule has 5 rings (SSSR count). The number of anilines is 1. The lowest BCUT2D eigenvalue weighted by molar-refractivity contribution is -0.118. The molecule has 2 saturated heterocycles.